The maximum absolute atomic E-state index is 12.3. The normalized spacial score (nSPS) is 31.9. The van der Waals surface area contributed by atoms with Crippen LogP contribution in [0.2, 0.25) is 0 Å². The van der Waals surface area contributed by atoms with Crippen molar-refractivity contribution in [2.45, 2.75) is 77.6 Å². The highest BCUT2D eigenvalue weighted by Gasteiger charge is 2.61. The topological polar surface area (TPSA) is 85.8 Å². The molecule has 1 aromatic rings. The number of aryl methyl sites for hydroxylation is 1. The summed E-state index contributed by atoms with van der Waals surface area (Å²) in [7, 11) is -0.947. The Balaban J connectivity index is 1.90. The zero-order valence-electron chi connectivity index (χ0n) is 17.8. The van der Waals surface area contributed by atoms with E-state index in [4.69, 9.17) is 15.4 Å². The fourth-order valence-corrected chi connectivity index (χ4v) is 6.01. The molecule has 0 aromatic carbocycles. The third kappa shape index (κ3) is 3.66. The van der Waals surface area contributed by atoms with Crippen LogP contribution in [0.15, 0.2) is 15.8 Å². The van der Waals surface area contributed by atoms with Crippen LogP contribution in [0.1, 0.15) is 47.8 Å². The number of rotatable bonds is 6. The number of H-pyrrole nitrogens is 1. The number of fused-ring (bicyclic) bond motifs is 2. The molecule has 8 nitrogen and oxygen atoms in total. The van der Waals surface area contributed by atoms with E-state index in [1.54, 1.807) is 6.92 Å². The van der Waals surface area contributed by atoms with Gasteiger partial charge in [-0.3, -0.25) is 19.0 Å². The Kier molecular flexibility index (Phi) is 5.29. The molecule has 2 saturated heterocycles. The first-order valence-electron chi connectivity index (χ1n) is 9.91. The highest BCUT2D eigenvalue weighted by molar-refractivity contribution is 7.49. The lowest BCUT2D eigenvalue weighted by atomic mass is 10.0. The van der Waals surface area contributed by atoms with Crippen molar-refractivity contribution in [2.75, 3.05) is 13.3 Å². The van der Waals surface area contributed by atoms with Crippen LogP contribution >= 0.6 is 8.30 Å². The highest BCUT2D eigenvalue weighted by atomic mass is 31.2. The van der Waals surface area contributed by atoms with Crippen molar-refractivity contribution in [3.63, 3.8) is 0 Å². The van der Waals surface area contributed by atoms with Gasteiger partial charge in [-0.1, -0.05) is 0 Å². The minimum absolute atomic E-state index is 0.0334. The van der Waals surface area contributed by atoms with Crippen molar-refractivity contribution < 1.29 is 15.4 Å². The first-order chi connectivity index (χ1) is 13.1. The van der Waals surface area contributed by atoms with Crippen molar-refractivity contribution in [3.05, 3.63) is 32.6 Å². The molecule has 9 heteroatoms. The van der Waals surface area contributed by atoms with Crippen LogP contribution in [-0.4, -0.2) is 57.4 Å². The fourth-order valence-electron chi connectivity index (χ4n) is 3.96. The largest absolute Gasteiger partial charge is 0.368 e. The summed E-state index contributed by atoms with van der Waals surface area (Å²) in [6.07, 6.45) is -0.222. The zero-order chi connectivity index (χ0) is 20.8. The summed E-state index contributed by atoms with van der Waals surface area (Å²) in [6, 6.07) is 0.619. The zero-order valence-corrected chi connectivity index (χ0v) is 17.7. The summed E-state index contributed by atoms with van der Waals surface area (Å²) >= 11 is 0. The van der Waals surface area contributed by atoms with Gasteiger partial charge in [0.1, 0.15) is 26.1 Å². The third-order valence-corrected chi connectivity index (χ3v) is 7.15. The van der Waals surface area contributed by atoms with Gasteiger partial charge in [0.25, 0.3) is 5.56 Å². The van der Waals surface area contributed by atoms with Crippen molar-refractivity contribution in [3.8, 4) is 0 Å². The van der Waals surface area contributed by atoms with E-state index in [9.17, 15) is 9.59 Å². The summed E-state index contributed by atoms with van der Waals surface area (Å²) in [6.45, 7) is 12.4. The first kappa shape index (κ1) is 19.3. The predicted molar refractivity (Wildman–Crippen MR) is 104 cm³/mol. The van der Waals surface area contributed by atoms with Crippen molar-refractivity contribution in [1.29, 1.82) is 0 Å². The van der Waals surface area contributed by atoms with Crippen molar-refractivity contribution in [1.82, 2.24) is 14.2 Å². The van der Waals surface area contributed by atoms with E-state index in [-0.39, 0.29) is 13.5 Å². The Morgan fingerprint density at radius 2 is 2.07 bits per heavy atom. The van der Waals surface area contributed by atoms with Crippen LogP contribution in [0.5, 0.6) is 0 Å². The molecule has 0 spiro atoms. The molecule has 0 amide bonds. The van der Waals surface area contributed by atoms with Crippen molar-refractivity contribution in [2.24, 2.45) is 0 Å². The van der Waals surface area contributed by atoms with Crippen LogP contribution in [-0.2, 0) is 14.0 Å². The van der Waals surface area contributed by atoms with E-state index in [2.05, 4.69) is 44.0 Å². The molecule has 0 saturated carbocycles. The van der Waals surface area contributed by atoms with Gasteiger partial charge in [-0.2, -0.15) is 0 Å². The van der Waals surface area contributed by atoms with Gasteiger partial charge >= 0.3 is 5.69 Å². The number of nitrogens with zero attached hydrogens (tertiary/aromatic N) is 2. The number of aromatic amines is 1. The first-order valence-corrected chi connectivity index (χ1v) is 10.9. The second-order valence-corrected chi connectivity index (χ2v) is 9.49. The SMILES string of the molecule is [2H]C[C@@]12CO[C@@H](C1OP(C)N(C(C)C)C(C)C)[C@H](n1cc(C)c(=O)[nH]c1=O)O2. The molecule has 5 atom stereocenters. The number of ether oxygens (including phenoxy) is 2. The molecular formula is C18H30N3O5P. The smallest absolute Gasteiger partial charge is 0.330 e. The Hall–Kier alpha value is -1.05. The minimum Gasteiger partial charge on any atom is -0.368 e. The molecule has 1 aromatic heterocycles. The summed E-state index contributed by atoms with van der Waals surface area (Å²) < 4.78 is 30.3. The standard InChI is InChI=1S/C18H30N3O5P/c1-10(2)21(11(3)4)27(7)26-14-13-16(25-18(14,6)9-24-13)20-8-12(5)15(22)19-17(20)23/h8,10-11,13-14,16H,9H2,1-7H3,(H,19,22,23)/t13-,14?,16+,18+,27?/m0/s1/i6D. The van der Waals surface area contributed by atoms with E-state index in [0.717, 1.165) is 0 Å². The molecule has 0 aliphatic carbocycles. The number of aromatic nitrogens is 2. The fraction of sp³-hybridized carbons (Fsp3) is 0.778. The lowest BCUT2D eigenvalue weighted by Crippen LogP contribution is -2.40. The molecule has 2 aliphatic heterocycles. The van der Waals surface area contributed by atoms with Gasteiger partial charge in [-0.15, -0.1) is 0 Å². The Morgan fingerprint density at radius 1 is 1.41 bits per heavy atom. The molecule has 3 rings (SSSR count). The van der Waals surface area contributed by atoms with Gasteiger partial charge in [-0.25, -0.2) is 4.79 Å². The summed E-state index contributed by atoms with van der Waals surface area (Å²) in [5.74, 6) is 0. The molecule has 27 heavy (non-hydrogen) atoms. The lowest BCUT2D eigenvalue weighted by molar-refractivity contribution is -0.167. The van der Waals surface area contributed by atoms with E-state index in [1.807, 2.05) is 0 Å². The summed E-state index contributed by atoms with van der Waals surface area (Å²) in [5.41, 5.74) is -1.49. The van der Waals surface area contributed by atoms with Crippen LogP contribution in [0, 0.1) is 6.92 Å². The van der Waals surface area contributed by atoms with Crippen molar-refractivity contribution >= 4 is 8.30 Å². The van der Waals surface area contributed by atoms with Crippen LogP contribution in [0.4, 0.5) is 0 Å². The molecule has 3 heterocycles. The third-order valence-electron chi connectivity index (χ3n) is 5.04. The van der Waals surface area contributed by atoms with E-state index in [1.165, 1.54) is 10.8 Å². The van der Waals surface area contributed by atoms with Gasteiger partial charge in [0, 0.05) is 25.2 Å². The molecule has 152 valence electrons. The van der Waals surface area contributed by atoms with Gasteiger partial charge in [0.05, 0.1) is 6.61 Å². The number of hydrogen-bond donors (Lipinski definition) is 1. The molecular weight excluding hydrogens is 369 g/mol. The van der Waals surface area contributed by atoms with Crippen LogP contribution < -0.4 is 11.2 Å². The average Bonchev–Trinajstić information content (AvgIpc) is 3.09. The lowest BCUT2D eigenvalue weighted by Gasteiger charge is -2.37. The second kappa shape index (κ2) is 7.41. The average molecular weight is 400 g/mol. The van der Waals surface area contributed by atoms with Gasteiger partial charge in [0.2, 0.25) is 0 Å². The molecule has 1 N–H and O–H groups in total. The second-order valence-electron chi connectivity index (χ2n) is 7.89. The monoisotopic (exact) mass is 400 g/mol. The Labute approximate surface area is 162 Å². The Morgan fingerprint density at radius 3 is 2.67 bits per heavy atom. The molecule has 2 fully saturated rings. The van der Waals surface area contributed by atoms with E-state index < -0.39 is 43.6 Å². The molecule has 0 radical (unpaired) electrons. The predicted octanol–water partition coefficient (Wildman–Crippen LogP) is 1.98. The van der Waals surface area contributed by atoms with Crippen LogP contribution in [0.3, 0.4) is 0 Å². The van der Waals surface area contributed by atoms with Crippen LogP contribution in [0.25, 0.3) is 0 Å². The minimum atomic E-state index is -0.947. The molecule has 2 aliphatic rings. The van der Waals surface area contributed by atoms with Gasteiger partial charge in [-0.05, 0) is 48.2 Å². The Bertz CT molecular complexity index is 820. The van der Waals surface area contributed by atoms with Gasteiger partial charge < -0.3 is 14.0 Å². The van der Waals surface area contributed by atoms with E-state index >= 15 is 0 Å². The van der Waals surface area contributed by atoms with Gasteiger partial charge in [0.15, 0.2) is 6.23 Å². The maximum atomic E-state index is 12.3. The molecule has 2 bridgehead atoms. The summed E-state index contributed by atoms with van der Waals surface area (Å²) in [5, 5.41) is 0. The van der Waals surface area contributed by atoms with E-state index in [0.29, 0.717) is 17.6 Å². The molecule has 2 unspecified atom stereocenters. The highest BCUT2D eigenvalue weighted by Crippen LogP contribution is 2.52. The summed E-state index contributed by atoms with van der Waals surface area (Å²) in [4.78, 5) is 26.3. The quantitative estimate of drug-likeness (QED) is 0.735. The maximum Gasteiger partial charge on any atom is 0.330 e. The number of nitrogens with one attached hydrogen (secondary N) is 1. The number of hydrogen-bond acceptors (Lipinski definition) is 6.